The summed E-state index contributed by atoms with van der Waals surface area (Å²) in [7, 11) is 0. The van der Waals surface area contributed by atoms with Gasteiger partial charge in [-0.15, -0.1) is 0 Å². The van der Waals surface area contributed by atoms with Gasteiger partial charge < -0.3 is 4.98 Å². The molecule has 0 atom stereocenters. The van der Waals surface area contributed by atoms with Crippen LogP contribution in [0.15, 0.2) is 9.59 Å². The predicted octanol–water partition coefficient (Wildman–Crippen LogP) is 1.68. The number of rotatable bonds is 3. The molecular weight excluding hydrogens is 276 g/mol. The summed E-state index contributed by atoms with van der Waals surface area (Å²) in [4.78, 5) is 33.8. The molecule has 6 nitrogen and oxygen atoms in total. The number of aromatic amines is 2. The lowest BCUT2D eigenvalue weighted by molar-refractivity contribution is 0.512. The van der Waals surface area contributed by atoms with E-state index in [2.05, 4.69) is 15.0 Å². The Bertz CT molecular complexity index is 842. The summed E-state index contributed by atoms with van der Waals surface area (Å²) in [5.74, 6) is 1.44. The van der Waals surface area contributed by atoms with Crippen LogP contribution >= 0.6 is 12.2 Å². The molecule has 2 N–H and O–H groups in total. The van der Waals surface area contributed by atoms with Gasteiger partial charge in [0.05, 0.1) is 0 Å². The van der Waals surface area contributed by atoms with Gasteiger partial charge in [0.1, 0.15) is 21.5 Å². The van der Waals surface area contributed by atoms with Crippen LogP contribution in [0.2, 0.25) is 0 Å². The average molecular weight is 292 g/mol. The van der Waals surface area contributed by atoms with E-state index in [4.69, 9.17) is 12.2 Å². The Labute approximate surface area is 119 Å². The second-order valence-electron chi connectivity index (χ2n) is 5.69. The number of H-pyrrole nitrogens is 2. The minimum absolute atomic E-state index is 0.263. The minimum Gasteiger partial charge on any atom is -0.329 e. The molecule has 2 aromatic heterocycles. The molecule has 0 amide bonds. The quantitative estimate of drug-likeness (QED) is 0.843. The molecule has 0 radical (unpaired) electrons. The minimum atomic E-state index is -0.471. The van der Waals surface area contributed by atoms with Gasteiger partial charge in [-0.3, -0.25) is 14.3 Å². The number of nitrogens with zero attached hydrogens (tertiary/aromatic N) is 2. The van der Waals surface area contributed by atoms with E-state index in [1.54, 1.807) is 4.57 Å². The first-order chi connectivity index (χ1) is 9.47. The van der Waals surface area contributed by atoms with Crippen molar-refractivity contribution >= 4 is 23.3 Å². The van der Waals surface area contributed by atoms with Crippen LogP contribution in [0.1, 0.15) is 38.4 Å². The molecule has 2 aromatic rings. The third kappa shape index (κ3) is 2.22. The van der Waals surface area contributed by atoms with Gasteiger partial charge >= 0.3 is 5.69 Å². The molecule has 0 spiro atoms. The van der Waals surface area contributed by atoms with Crippen LogP contribution in [0.3, 0.4) is 0 Å². The van der Waals surface area contributed by atoms with Crippen molar-refractivity contribution in [1.29, 1.82) is 0 Å². The zero-order valence-corrected chi connectivity index (χ0v) is 12.2. The third-order valence-electron chi connectivity index (χ3n) is 3.39. The fourth-order valence-corrected chi connectivity index (χ4v) is 2.59. The second kappa shape index (κ2) is 4.66. The fourth-order valence-electron chi connectivity index (χ4n) is 2.30. The molecule has 1 aliphatic carbocycles. The van der Waals surface area contributed by atoms with E-state index in [0.29, 0.717) is 23.5 Å². The van der Waals surface area contributed by atoms with Gasteiger partial charge in [0.2, 0.25) is 0 Å². The van der Waals surface area contributed by atoms with Crippen LogP contribution in [0, 0.1) is 10.6 Å². The molecule has 3 rings (SSSR count). The van der Waals surface area contributed by atoms with Crippen molar-refractivity contribution in [2.75, 3.05) is 0 Å². The van der Waals surface area contributed by atoms with Gasteiger partial charge in [-0.25, -0.2) is 9.78 Å². The van der Waals surface area contributed by atoms with E-state index in [1.807, 2.05) is 13.8 Å². The van der Waals surface area contributed by atoms with Crippen molar-refractivity contribution < 1.29 is 0 Å². The van der Waals surface area contributed by atoms with Gasteiger partial charge in [-0.1, -0.05) is 26.1 Å². The maximum Gasteiger partial charge on any atom is 0.329 e. The number of hydrogen-bond acceptors (Lipinski definition) is 4. The molecular formula is C13H16N4O2S. The summed E-state index contributed by atoms with van der Waals surface area (Å²) in [6, 6.07) is 0. The average Bonchev–Trinajstić information content (AvgIpc) is 3.17. The highest BCUT2D eigenvalue weighted by atomic mass is 32.1. The summed E-state index contributed by atoms with van der Waals surface area (Å²) in [6.45, 7) is 4.55. The van der Waals surface area contributed by atoms with Crippen molar-refractivity contribution in [3.05, 3.63) is 31.3 Å². The maximum absolute atomic E-state index is 12.0. The molecule has 1 fully saturated rings. The molecule has 1 saturated carbocycles. The molecule has 0 aliphatic heterocycles. The van der Waals surface area contributed by atoms with Crippen LogP contribution in [0.5, 0.6) is 0 Å². The SMILES string of the molecule is CC(C)Cn1c(=O)[nH]c(=O)c2c(=S)nc(C3CC3)[nH]c21. The van der Waals surface area contributed by atoms with Crippen molar-refractivity contribution in [1.82, 2.24) is 19.5 Å². The smallest absolute Gasteiger partial charge is 0.329 e. The Morgan fingerprint density at radius 1 is 1.35 bits per heavy atom. The highest BCUT2D eigenvalue weighted by molar-refractivity contribution is 7.71. The summed E-state index contributed by atoms with van der Waals surface area (Å²) in [6.07, 6.45) is 2.14. The lowest BCUT2D eigenvalue weighted by Gasteiger charge is -2.12. The van der Waals surface area contributed by atoms with Gasteiger partial charge in [0, 0.05) is 12.5 Å². The lowest BCUT2D eigenvalue weighted by atomic mass is 10.2. The van der Waals surface area contributed by atoms with Crippen molar-refractivity contribution in [3.63, 3.8) is 0 Å². The zero-order valence-electron chi connectivity index (χ0n) is 11.4. The highest BCUT2D eigenvalue weighted by Crippen LogP contribution is 2.38. The maximum atomic E-state index is 12.0. The summed E-state index contributed by atoms with van der Waals surface area (Å²) >= 11 is 5.23. The Hall–Kier alpha value is -1.76. The van der Waals surface area contributed by atoms with Crippen molar-refractivity contribution in [2.45, 2.75) is 39.2 Å². The topological polar surface area (TPSA) is 83.5 Å². The van der Waals surface area contributed by atoms with Gasteiger partial charge in [-0.2, -0.15) is 0 Å². The number of nitrogens with one attached hydrogen (secondary N) is 2. The molecule has 20 heavy (non-hydrogen) atoms. The third-order valence-corrected chi connectivity index (χ3v) is 3.69. The Morgan fingerprint density at radius 2 is 2.05 bits per heavy atom. The van der Waals surface area contributed by atoms with Gasteiger partial charge in [-0.05, 0) is 18.8 Å². The standard InChI is InChI=1S/C13H16N4O2S/c1-6(2)5-17-10-8(11(18)16-13(17)19)12(20)15-9(14-10)7-3-4-7/h6-7H,3-5H2,1-2H3,(H,14,15,20)(H,16,18,19). The van der Waals surface area contributed by atoms with Crippen LogP contribution in [-0.2, 0) is 6.54 Å². The first kappa shape index (κ1) is 13.2. The van der Waals surface area contributed by atoms with Crippen LogP contribution < -0.4 is 11.2 Å². The van der Waals surface area contributed by atoms with Crippen LogP contribution in [-0.4, -0.2) is 19.5 Å². The normalized spacial score (nSPS) is 15.2. The molecule has 106 valence electrons. The van der Waals surface area contributed by atoms with E-state index in [0.717, 1.165) is 18.7 Å². The first-order valence-electron chi connectivity index (χ1n) is 6.74. The number of aromatic nitrogens is 4. The Kier molecular flexibility index (Phi) is 3.08. The second-order valence-corrected chi connectivity index (χ2v) is 6.08. The van der Waals surface area contributed by atoms with E-state index in [9.17, 15) is 9.59 Å². The zero-order chi connectivity index (χ0) is 14.4. The molecule has 0 unspecified atom stereocenters. The molecule has 0 saturated heterocycles. The Morgan fingerprint density at radius 3 is 2.65 bits per heavy atom. The highest BCUT2D eigenvalue weighted by Gasteiger charge is 2.27. The van der Waals surface area contributed by atoms with E-state index in [1.165, 1.54) is 0 Å². The van der Waals surface area contributed by atoms with E-state index >= 15 is 0 Å². The molecule has 0 bridgehead atoms. The van der Waals surface area contributed by atoms with E-state index in [-0.39, 0.29) is 10.6 Å². The van der Waals surface area contributed by atoms with Crippen LogP contribution in [0.4, 0.5) is 0 Å². The van der Waals surface area contributed by atoms with Crippen molar-refractivity contribution in [3.8, 4) is 0 Å². The summed E-state index contributed by atoms with van der Waals surface area (Å²) < 4.78 is 1.81. The van der Waals surface area contributed by atoms with Crippen molar-refractivity contribution in [2.24, 2.45) is 5.92 Å². The Balaban J connectivity index is 2.39. The monoisotopic (exact) mass is 292 g/mol. The molecule has 7 heteroatoms. The van der Waals surface area contributed by atoms with E-state index < -0.39 is 11.2 Å². The molecule has 2 heterocycles. The summed E-state index contributed by atoms with van der Waals surface area (Å²) in [5, 5.41) is 0.296. The molecule has 0 aromatic carbocycles. The summed E-state index contributed by atoms with van der Waals surface area (Å²) in [5.41, 5.74) is -0.384. The van der Waals surface area contributed by atoms with Crippen LogP contribution in [0.25, 0.3) is 11.0 Å². The van der Waals surface area contributed by atoms with Gasteiger partial charge in [0.25, 0.3) is 5.56 Å². The van der Waals surface area contributed by atoms with Gasteiger partial charge in [0.15, 0.2) is 0 Å². The fraction of sp³-hybridized carbons (Fsp3) is 0.538. The molecule has 1 aliphatic rings. The number of fused-ring (bicyclic) bond motifs is 1. The lowest BCUT2D eigenvalue weighted by Crippen LogP contribution is -2.32. The number of hydrogen-bond donors (Lipinski definition) is 2. The largest absolute Gasteiger partial charge is 0.329 e. The predicted molar refractivity (Wildman–Crippen MR) is 78.6 cm³/mol. The first-order valence-corrected chi connectivity index (χ1v) is 7.15.